The van der Waals surface area contributed by atoms with Crippen molar-refractivity contribution in [2.75, 3.05) is 6.54 Å². The van der Waals surface area contributed by atoms with Gasteiger partial charge in [0.25, 0.3) is 0 Å². The molecule has 0 amide bonds. The second-order valence-corrected chi connectivity index (χ2v) is 6.48. The average Bonchev–Trinajstić information content (AvgIpc) is 3.08. The second-order valence-electron chi connectivity index (χ2n) is 5.45. The third kappa shape index (κ3) is 2.77. The normalized spacial score (nSPS) is 14.7. The van der Waals surface area contributed by atoms with Gasteiger partial charge < -0.3 is 0 Å². The first-order valence-electron chi connectivity index (χ1n) is 7.38. The van der Waals surface area contributed by atoms with Crippen molar-refractivity contribution in [3.63, 3.8) is 0 Å². The Hall–Kier alpha value is -2.11. The van der Waals surface area contributed by atoms with E-state index in [0.29, 0.717) is 0 Å². The standard InChI is InChI=1S/C17H16N4S/c1-3-13(9-18-6-1)17-19-10-14-11-21(7-5-16(14)20-17)12-15-4-2-8-22-15/h1-4,6,8-10H,5,7,11-12H2. The summed E-state index contributed by atoms with van der Waals surface area (Å²) in [5.41, 5.74) is 3.40. The third-order valence-electron chi connectivity index (χ3n) is 3.89. The molecule has 22 heavy (non-hydrogen) atoms. The molecule has 1 aliphatic rings. The first-order valence-corrected chi connectivity index (χ1v) is 8.26. The maximum atomic E-state index is 4.74. The van der Waals surface area contributed by atoms with Crippen LogP contribution in [-0.2, 0) is 19.5 Å². The lowest BCUT2D eigenvalue weighted by Gasteiger charge is -2.27. The van der Waals surface area contributed by atoms with Gasteiger partial charge in [-0.15, -0.1) is 11.3 Å². The summed E-state index contributed by atoms with van der Waals surface area (Å²) in [5.74, 6) is 0.776. The van der Waals surface area contributed by atoms with Crippen LogP contribution in [0.25, 0.3) is 11.4 Å². The molecule has 0 radical (unpaired) electrons. The molecule has 0 N–H and O–H groups in total. The largest absolute Gasteiger partial charge is 0.294 e. The molecule has 0 fully saturated rings. The fourth-order valence-corrected chi connectivity index (χ4v) is 3.51. The summed E-state index contributed by atoms with van der Waals surface area (Å²) in [6.07, 6.45) is 6.54. The van der Waals surface area contributed by atoms with Crippen LogP contribution in [0.15, 0.2) is 48.2 Å². The van der Waals surface area contributed by atoms with E-state index in [0.717, 1.165) is 37.4 Å². The molecule has 3 aromatic heterocycles. The Labute approximate surface area is 133 Å². The van der Waals surface area contributed by atoms with Crippen LogP contribution in [0.3, 0.4) is 0 Å². The minimum absolute atomic E-state index is 0.776. The van der Waals surface area contributed by atoms with Crippen molar-refractivity contribution in [1.29, 1.82) is 0 Å². The summed E-state index contributed by atoms with van der Waals surface area (Å²) in [6, 6.07) is 8.23. The smallest absolute Gasteiger partial charge is 0.160 e. The lowest BCUT2D eigenvalue weighted by atomic mass is 10.1. The summed E-state index contributed by atoms with van der Waals surface area (Å²) in [5, 5.41) is 2.14. The number of nitrogens with zero attached hydrogens (tertiary/aromatic N) is 4. The highest BCUT2D eigenvalue weighted by atomic mass is 32.1. The molecule has 5 heteroatoms. The molecule has 3 aromatic rings. The number of rotatable bonds is 3. The van der Waals surface area contributed by atoms with Crippen molar-refractivity contribution in [3.05, 3.63) is 64.4 Å². The van der Waals surface area contributed by atoms with E-state index in [9.17, 15) is 0 Å². The van der Waals surface area contributed by atoms with Crippen LogP contribution >= 0.6 is 11.3 Å². The van der Waals surface area contributed by atoms with Gasteiger partial charge in [0.1, 0.15) is 0 Å². The Bertz CT molecular complexity index is 756. The molecular weight excluding hydrogens is 292 g/mol. The van der Waals surface area contributed by atoms with Gasteiger partial charge in [-0.1, -0.05) is 6.07 Å². The molecule has 0 saturated heterocycles. The van der Waals surface area contributed by atoms with Crippen LogP contribution in [0.4, 0.5) is 0 Å². The maximum absolute atomic E-state index is 4.74. The van der Waals surface area contributed by atoms with Gasteiger partial charge in [0.2, 0.25) is 0 Å². The van der Waals surface area contributed by atoms with Crippen LogP contribution < -0.4 is 0 Å². The van der Waals surface area contributed by atoms with Crippen molar-refractivity contribution in [1.82, 2.24) is 19.9 Å². The predicted octanol–water partition coefficient (Wildman–Crippen LogP) is 3.16. The van der Waals surface area contributed by atoms with Gasteiger partial charge in [-0.05, 0) is 23.6 Å². The highest BCUT2D eigenvalue weighted by Gasteiger charge is 2.19. The highest BCUT2D eigenvalue weighted by Crippen LogP contribution is 2.22. The third-order valence-corrected chi connectivity index (χ3v) is 4.75. The van der Waals surface area contributed by atoms with Crippen LogP contribution in [0, 0.1) is 0 Å². The monoisotopic (exact) mass is 308 g/mol. The maximum Gasteiger partial charge on any atom is 0.160 e. The molecular formula is C17H16N4S. The van der Waals surface area contributed by atoms with E-state index < -0.39 is 0 Å². The minimum Gasteiger partial charge on any atom is -0.294 e. The van der Waals surface area contributed by atoms with Gasteiger partial charge in [0.05, 0.1) is 5.69 Å². The molecule has 110 valence electrons. The Morgan fingerprint density at radius 1 is 1.18 bits per heavy atom. The van der Waals surface area contributed by atoms with E-state index in [2.05, 4.69) is 32.4 Å². The zero-order valence-electron chi connectivity index (χ0n) is 12.1. The second kappa shape index (κ2) is 5.94. The lowest BCUT2D eigenvalue weighted by Crippen LogP contribution is -2.30. The number of aromatic nitrogens is 3. The Morgan fingerprint density at radius 3 is 3.00 bits per heavy atom. The molecule has 4 nitrogen and oxygen atoms in total. The topological polar surface area (TPSA) is 41.9 Å². The molecule has 0 atom stereocenters. The van der Waals surface area contributed by atoms with Crippen molar-refractivity contribution in [3.8, 4) is 11.4 Å². The Kier molecular flexibility index (Phi) is 3.66. The number of thiophene rings is 1. The number of fused-ring (bicyclic) bond motifs is 1. The molecule has 4 rings (SSSR count). The Morgan fingerprint density at radius 2 is 2.18 bits per heavy atom. The van der Waals surface area contributed by atoms with Crippen molar-refractivity contribution in [2.24, 2.45) is 0 Å². The predicted molar refractivity (Wildman–Crippen MR) is 87.4 cm³/mol. The van der Waals surface area contributed by atoms with Gasteiger partial charge >= 0.3 is 0 Å². The van der Waals surface area contributed by atoms with Gasteiger partial charge in [-0.3, -0.25) is 9.88 Å². The number of hydrogen-bond donors (Lipinski definition) is 0. The molecule has 0 spiro atoms. The zero-order chi connectivity index (χ0) is 14.8. The minimum atomic E-state index is 0.776. The number of pyridine rings is 1. The molecule has 1 aliphatic heterocycles. The summed E-state index contributed by atoms with van der Waals surface area (Å²) in [6.45, 7) is 3.00. The summed E-state index contributed by atoms with van der Waals surface area (Å²) >= 11 is 1.82. The van der Waals surface area contributed by atoms with E-state index in [1.54, 1.807) is 6.20 Å². The van der Waals surface area contributed by atoms with Crippen LogP contribution in [0.5, 0.6) is 0 Å². The lowest BCUT2D eigenvalue weighted by molar-refractivity contribution is 0.245. The molecule has 0 unspecified atom stereocenters. The molecule has 0 aliphatic carbocycles. The van der Waals surface area contributed by atoms with Crippen molar-refractivity contribution < 1.29 is 0 Å². The van der Waals surface area contributed by atoms with Crippen LogP contribution in [0.2, 0.25) is 0 Å². The summed E-state index contributed by atoms with van der Waals surface area (Å²) in [7, 11) is 0. The zero-order valence-corrected chi connectivity index (χ0v) is 13.0. The van der Waals surface area contributed by atoms with Crippen LogP contribution in [-0.4, -0.2) is 26.4 Å². The van der Waals surface area contributed by atoms with Gasteiger partial charge in [-0.2, -0.15) is 0 Å². The quantitative estimate of drug-likeness (QED) is 0.745. The summed E-state index contributed by atoms with van der Waals surface area (Å²) < 4.78 is 0. The Balaban J connectivity index is 1.54. The molecule has 4 heterocycles. The van der Waals surface area contributed by atoms with E-state index in [4.69, 9.17) is 4.98 Å². The first-order chi connectivity index (χ1) is 10.9. The highest BCUT2D eigenvalue weighted by molar-refractivity contribution is 7.09. The van der Waals surface area contributed by atoms with Gasteiger partial charge in [0, 0.05) is 60.6 Å². The van der Waals surface area contributed by atoms with E-state index in [-0.39, 0.29) is 0 Å². The average molecular weight is 308 g/mol. The summed E-state index contributed by atoms with van der Waals surface area (Å²) in [4.78, 5) is 17.3. The van der Waals surface area contributed by atoms with E-state index in [1.807, 2.05) is 35.9 Å². The molecule has 0 saturated carbocycles. The van der Waals surface area contributed by atoms with Gasteiger partial charge in [0.15, 0.2) is 5.82 Å². The van der Waals surface area contributed by atoms with Crippen molar-refractivity contribution >= 4 is 11.3 Å². The van der Waals surface area contributed by atoms with Crippen molar-refractivity contribution in [2.45, 2.75) is 19.5 Å². The molecule has 0 aromatic carbocycles. The first kappa shape index (κ1) is 13.5. The fraction of sp³-hybridized carbons (Fsp3) is 0.235. The van der Waals surface area contributed by atoms with Gasteiger partial charge in [-0.25, -0.2) is 9.97 Å². The molecule has 0 bridgehead atoms. The number of hydrogen-bond acceptors (Lipinski definition) is 5. The van der Waals surface area contributed by atoms with E-state index in [1.165, 1.54) is 16.1 Å². The van der Waals surface area contributed by atoms with Crippen LogP contribution in [0.1, 0.15) is 16.1 Å². The van der Waals surface area contributed by atoms with E-state index >= 15 is 0 Å². The SMILES string of the molecule is c1cncc(-c2ncc3c(n2)CCN(Cc2cccs2)C3)c1. The fourth-order valence-electron chi connectivity index (χ4n) is 2.77.